The zero-order valence-corrected chi connectivity index (χ0v) is 15.6. The molecule has 24 heavy (non-hydrogen) atoms. The van der Waals surface area contributed by atoms with E-state index in [0.717, 1.165) is 36.9 Å². The van der Waals surface area contributed by atoms with E-state index in [9.17, 15) is 0 Å². The lowest BCUT2D eigenvalue weighted by Gasteiger charge is -2.29. The van der Waals surface area contributed by atoms with Crippen LogP contribution in [0.15, 0.2) is 12.1 Å². The molecule has 1 aliphatic carbocycles. The van der Waals surface area contributed by atoms with Gasteiger partial charge in [-0.05, 0) is 30.7 Å². The Morgan fingerprint density at radius 1 is 1.04 bits per heavy atom. The third kappa shape index (κ3) is 3.58. The maximum atomic E-state index is 6.33. The Labute approximate surface area is 150 Å². The number of fused-ring (bicyclic) bond motifs is 1. The molecule has 3 rings (SSSR count). The van der Waals surface area contributed by atoms with Gasteiger partial charge in [0.2, 0.25) is 5.75 Å². The van der Waals surface area contributed by atoms with Crippen molar-refractivity contribution in [2.45, 2.75) is 31.8 Å². The number of methoxy groups -OCH3 is 3. The Hall–Kier alpha value is -1.17. The highest BCUT2D eigenvalue weighted by Gasteiger charge is 2.38. The Morgan fingerprint density at radius 3 is 2.42 bits per heavy atom. The predicted octanol–water partition coefficient (Wildman–Crippen LogP) is 2.69. The summed E-state index contributed by atoms with van der Waals surface area (Å²) in [5.41, 5.74) is 7.46. The molecule has 136 valence electrons. The number of halogens is 1. The largest absolute Gasteiger partial charge is 0.493 e. The van der Waals surface area contributed by atoms with Gasteiger partial charge in [-0.25, -0.2) is 0 Å². The van der Waals surface area contributed by atoms with E-state index in [0.29, 0.717) is 23.5 Å². The molecule has 2 aliphatic rings. The number of likely N-dealkylation sites (tertiary alicyclic amines) is 1. The summed E-state index contributed by atoms with van der Waals surface area (Å²) in [7, 11) is 4.97. The Bertz CT molecular complexity index is 555. The summed E-state index contributed by atoms with van der Waals surface area (Å²) in [6.07, 6.45) is 3.77. The van der Waals surface area contributed by atoms with Crippen molar-refractivity contribution >= 4 is 12.4 Å². The fraction of sp³-hybridized carbons (Fsp3) is 0.667. The van der Waals surface area contributed by atoms with Crippen LogP contribution >= 0.6 is 12.4 Å². The monoisotopic (exact) mass is 356 g/mol. The Morgan fingerprint density at radius 2 is 1.79 bits per heavy atom. The van der Waals surface area contributed by atoms with Crippen LogP contribution in [0.1, 0.15) is 24.8 Å². The summed E-state index contributed by atoms with van der Waals surface area (Å²) in [4.78, 5) is 2.50. The van der Waals surface area contributed by atoms with Gasteiger partial charge in [0, 0.05) is 31.2 Å². The first-order valence-electron chi connectivity index (χ1n) is 8.43. The molecule has 2 fully saturated rings. The highest BCUT2D eigenvalue weighted by Crippen LogP contribution is 2.42. The molecule has 5 nitrogen and oxygen atoms in total. The van der Waals surface area contributed by atoms with Crippen molar-refractivity contribution in [1.82, 2.24) is 4.90 Å². The minimum atomic E-state index is 0. The van der Waals surface area contributed by atoms with Crippen LogP contribution in [0.2, 0.25) is 0 Å². The molecule has 6 heteroatoms. The highest BCUT2D eigenvalue weighted by molar-refractivity contribution is 5.85. The van der Waals surface area contributed by atoms with Gasteiger partial charge in [-0.3, -0.25) is 4.90 Å². The van der Waals surface area contributed by atoms with Crippen LogP contribution in [0.4, 0.5) is 0 Å². The number of hydrogen-bond acceptors (Lipinski definition) is 5. The van der Waals surface area contributed by atoms with Crippen LogP contribution in [-0.2, 0) is 6.54 Å². The van der Waals surface area contributed by atoms with Crippen molar-refractivity contribution in [2.24, 2.45) is 17.6 Å². The predicted molar refractivity (Wildman–Crippen MR) is 97.4 cm³/mol. The van der Waals surface area contributed by atoms with E-state index in [4.69, 9.17) is 19.9 Å². The van der Waals surface area contributed by atoms with Crippen molar-refractivity contribution < 1.29 is 14.2 Å². The van der Waals surface area contributed by atoms with Gasteiger partial charge in [0.25, 0.3) is 0 Å². The second-order valence-corrected chi connectivity index (χ2v) is 6.71. The van der Waals surface area contributed by atoms with Crippen LogP contribution in [0.25, 0.3) is 0 Å². The van der Waals surface area contributed by atoms with Crippen LogP contribution in [0, 0.1) is 11.8 Å². The fourth-order valence-corrected chi connectivity index (χ4v) is 4.27. The lowest BCUT2D eigenvalue weighted by molar-refractivity contribution is 0.259. The summed E-state index contributed by atoms with van der Waals surface area (Å²) >= 11 is 0. The summed E-state index contributed by atoms with van der Waals surface area (Å²) in [6, 6.07) is 4.39. The Balaban J connectivity index is 0.00000208. The van der Waals surface area contributed by atoms with Gasteiger partial charge < -0.3 is 19.9 Å². The van der Waals surface area contributed by atoms with Gasteiger partial charge in [-0.1, -0.05) is 12.5 Å². The van der Waals surface area contributed by atoms with Gasteiger partial charge in [-0.2, -0.15) is 0 Å². The Kier molecular flexibility index (Phi) is 6.61. The van der Waals surface area contributed by atoms with E-state index in [1.54, 1.807) is 21.3 Å². The first-order valence-corrected chi connectivity index (χ1v) is 8.43. The quantitative estimate of drug-likeness (QED) is 0.879. The van der Waals surface area contributed by atoms with Gasteiger partial charge >= 0.3 is 0 Å². The number of hydrogen-bond donors (Lipinski definition) is 1. The SMILES string of the molecule is COc1ccc(CN2CC3CCCC(N)C3C2)c(OC)c1OC.Cl. The van der Waals surface area contributed by atoms with E-state index in [1.807, 2.05) is 6.07 Å². The summed E-state index contributed by atoms with van der Waals surface area (Å²) in [5, 5.41) is 0. The van der Waals surface area contributed by atoms with Crippen LogP contribution < -0.4 is 19.9 Å². The minimum Gasteiger partial charge on any atom is -0.493 e. The number of benzene rings is 1. The average molecular weight is 357 g/mol. The minimum absolute atomic E-state index is 0. The summed E-state index contributed by atoms with van der Waals surface area (Å²) in [5.74, 6) is 3.54. The smallest absolute Gasteiger partial charge is 0.203 e. The maximum absolute atomic E-state index is 6.33. The summed E-state index contributed by atoms with van der Waals surface area (Å²) in [6.45, 7) is 3.09. The molecule has 0 aromatic heterocycles. The van der Waals surface area contributed by atoms with Crippen LogP contribution in [-0.4, -0.2) is 45.4 Å². The molecule has 1 aliphatic heterocycles. The number of rotatable bonds is 5. The van der Waals surface area contributed by atoms with E-state index in [-0.39, 0.29) is 12.4 Å². The molecular weight excluding hydrogens is 328 g/mol. The van der Waals surface area contributed by atoms with E-state index >= 15 is 0 Å². The number of nitrogens with two attached hydrogens (primary N) is 1. The van der Waals surface area contributed by atoms with E-state index < -0.39 is 0 Å². The molecule has 1 heterocycles. The van der Waals surface area contributed by atoms with Crippen LogP contribution in [0.3, 0.4) is 0 Å². The topological polar surface area (TPSA) is 57.0 Å². The molecule has 3 atom stereocenters. The van der Waals surface area contributed by atoms with Crippen molar-refractivity contribution in [3.05, 3.63) is 17.7 Å². The molecule has 0 radical (unpaired) electrons. The van der Waals surface area contributed by atoms with Crippen molar-refractivity contribution in [3.8, 4) is 17.2 Å². The van der Waals surface area contributed by atoms with Gasteiger partial charge in [0.05, 0.1) is 21.3 Å². The first-order chi connectivity index (χ1) is 11.2. The second-order valence-electron chi connectivity index (χ2n) is 6.71. The van der Waals surface area contributed by atoms with Crippen molar-refractivity contribution in [3.63, 3.8) is 0 Å². The number of ether oxygens (including phenoxy) is 3. The standard InChI is InChI=1S/C18H28N2O3.ClH/c1-21-16-8-7-13(17(22-2)18(16)23-3)10-20-9-12-5-4-6-15(19)14(12)11-20;/h7-8,12,14-15H,4-6,9-11,19H2,1-3H3;1H. The second kappa shape index (κ2) is 8.28. The molecule has 0 spiro atoms. The maximum Gasteiger partial charge on any atom is 0.203 e. The highest BCUT2D eigenvalue weighted by atomic mass is 35.5. The third-order valence-corrected chi connectivity index (χ3v) is 5.41. The third-order valence-electron chi connectivity index (χ3n) is 5.41. The van der Waals surface area contributed by atoms with E-state index in [2.05, 4.69) is 11.0 Å². The number of nitrogens with zero attached hydrogens (tertiary/aromatic N) is 1. The lowest BCUT2D eigenvalue weighted by Crippen LogP contribution is -2.38. The molecule has 1 aromatic rings. The molecule has 0 bridgehead atoms. The van der Waals surface area contributed by atoms with E-state index in [1.165, 1.54) is 19.3 Å². The lowest BCUT2D eigenvalue weighted by atomic mass is 9.78. The fourth-order valence-electron chi connectivity index (χ4n) is 4.27. The van der Waals surface area contributed by atoms with Crippen molar-refractivity contribution in [1.29, 1.82) is 0 Å². The van der Waals surface area contributed by atoms with Gasteiger partial charge in [0.1, 0.15) is 0 Å². The first kappa shape index (κ1) is 19.2. The average Bonchev–Trinajstić information content (AvgIpc) is 2.98. The normalized spacial score (nSPS) is 26.4. The zero-order valence-electron chi connectivity index (χ0n) is 14.8. The molecule has 0 amide bonds. The summed E-state index contributed by atoms with van der Waals surface area (Å²) < 4.78 is 16.4. The van der Waals surface area contributed by atoms with Crippen LogP contribution in [0.5, 0.6) is 17.2 Å². The molecular formula is C18H29ClN2O3. The van der Waals surface area contributed by atoms with Gasteiger partial charge in [-0.15, -0.1) is 12.4 Å². The molecule has 1 saturated carbocycles. The van der Waals surface area contributed by atoms with Gasteiger partial charge in [0.15, 0.2) is 11.5 Å². The molecule has 2 N–H and O–H groups in total. The molecule has 3 unspecified atom stereocenters. The van der Waals surface area contributed by atoms with Crippen molar-refractivity contribution in [2.75, 3.05) is 34.4 Å². The molecule has 1 aromatic carbocycles. The zero-order chi connectivity index (χ0) is 16.4. The molecule has 1 saturated heterocycles.